The van der Waals surface area contributed by atoms with Gasteiger partial charge in [-0.05, 0) is 143 Å². The van der Waals surface area contributed by atoms with Crippen molar-refractivity contribution in [3.63, 3.8) is 0 Å². The third kappa shape index (κ3) is 6.22. The van der Waals surface area contributed by atoms with Gasteiger partial charge in [-0.1, -0.05) is 20.8 Å². The third-order valence-electron chi connectivity index (χ3n) is 11.8. The minimum absolute atomic E-state index is 0.203. The molecule has 0 saturated heterocycles. The summed E-state index contributed by atoms with van der Waals surface area (Å²) in [5.41, 5.74) is 0.735. The molecule has 4 fully saturated rings. The number of rotatable bonds is 6. The van der Waals surface area contributed by atoms with Gasteiger partial charge in [0.2, 0.25) is 0 Å². The monoisotopic (exact) mass is 565 g/mol. The number of hydrogen-bond acceptors (Lipinski definition) is 5. The van der Waals surface area contributed by atoms with Crippen molar-refractivity contribution in [3.8, 4) is 5.75 Å². The van der Waals surface area contributed by atoms with E-state index in [2.05, 4.69) is 26.1 Å². The molecule has 5 rings (SSSR count). The molecule has 1 amide bonds. The Labute approximate surface area is 246 Å². The Bertz CT molecular complexity index is 1140. The van der Waals surface area contributed by atoms with Crippen LogP contribution in [0.4, 0.5) is 10.5 Å². The van der Waals surface area contributed by atoms with Crippen LogP contribution in [-0.2, 0) is 14.3 Å². The molecule has 8 atom stereocenters. The predicted octanol–water partition coefficient (Wildman–Crippen LogP) is 8.58. The molecule has 0 radical (unpaired) electrons. The van der Waals surface area contributed by atoms with Crippen molar-refractivity contribution in [1.29, 1.82) is 0 Å². The minimum atomic E-state index is -0.567. The molecule has 0 aliphatic heterocycles. The van der Waals surface area contributed by atoms with Crippen molar-refractivity contribution >= 4 is 23.5 Å². The van der Waals surface area contributed by atoms with Gasteiger partial charge in [-0.3, -0.25) is 14.9 Å². The van der Waals surface area contributed by atoms with Gasteiger partial charge in [-0.15, -0.1) is 0 Å². The van der Waals surface area contributed by atoms with Gasteiger partial charge in [0.15, 0.2) is 0 Å². The van der Waals surface area contributed by atoms with Gasteiger partial charge in [-0.25, -0.2) is 4.79 Å². The van der Waals surface area contributed by atoms with Crippen molar-refractivity contribution in [2.45, 2.75) is 118 Å². The van der Waals surface area contributed by atoms with E-state index in [0.29, 0.717) is 52.2 Å². The fourth-order valence-corrected chi connectivity index (χ4v) is 9.78. The largest absolute Gasteiger partial charge is 0.444 e. The molecule has 1 aromatic carbocycles. The van der Waals surface area contributed by atoms with Gasteiger partial charge in [0.25, 0.3) is 0 Å². The van der Waals surface area contributed by atoms with Crippen LogP contribution in [0.15, 0.2) is 24.3 Å². The quantitative estimate of drug-likeness (QED) is 0.276. The number of carbonyl (C=O) groups is 3. The summed E-state index contributed by atoms with van der Waals surface area (Å²) >= 11 is 0. The van der Waals surface area contributed by atoms with Crippen LogP contribution in [0.1, 0.15) is 112 Å². The highest BCUT2D eigenvalue weighted by molar-refractivity contribution is 5.85. The van der Waals surface area contributed by atoms with Crippen LogP contribution in [0.5, 0.6) is 5.75 Å². The van der Waals surface area contributed by atoms with Crippen LogP contribution in [0.2, 0.25) is 0 Å². The molecule has 1 N–H and O–H groups in total. The zero-order valence-electron chi connectivity index (χ0n) is 26.1. The number of nitrogens with one attached hydrogen (secondary N) is 1. The van der Waals surface area contributed by atoms with Crippen molar-refractivity contribution in [2.24, 2.45) is 46.3 Å². The molecular weight excluding hydrogens is 514 g/mol. The smallest absolute Gasteiger partial charge is 0.412 e. The van der Waals surface area contributed by atoms with Crippen LogP contribution < -0.4 is 10.1 Å². The van der Waals surface area contributed by atoms with E-state index in [4.69, 9.17) is 9.47 Å². The number of Topliss-reactive ketones (excluding diaryl/α,β-unsaturated/α-hetero) is 1. The molecule has 4 aliphatic carbocycles. The summed E-state index contributed by atoms with van der Waals surface area (Å²) in [5, 5.41) is 2.70. The number of hydrogen-bond donors (Lipinski definition) is 1. The Morgan fingerprint density at radius 1 is 0.976 bits per heavy atom. The first-order valence-electron chi connectivity index (χ1n) is 16.1. The fraction of sp³-hybridized carbons (Fsp3) is 0.743. The van der Waals surface area contributed by atoms with E-state index in [9.17, 15) is 14.4 Å². The van der Waals surface area contributed by atoms with E-state index >= 15 is 0 Å². The van der Waals surface area contributed by atoms with E-state index < -0.39 is 11.7 Å². The number of ether oxygens (including phenoxy) is 2. The van der Waals surface area contributed by atoms with Gasteiger partial charge in [0, 0.05) is 24.9 Å². The molecule has 1 aromatic rings. The molecular formula is C35H51NO5. The molecule has 226 valence electrons. The maximum absolute atomic E-state index is 12.8. The fourth-order valence-electron chi connectivity index (χ4n) is 9.78. The molecule has 4 aliphatic rings. The lowest BCUT2D eigenvalue weighted by Crippen LogP contribution is -2.53. The van der Waals surface area contributed by atoms with E-state index in [1.54, 1.807) is 24.3 Å². The molecule has 0 heterocycles. The number of fused-ring (bicyclic) bond motifs is 5. The zero-order valence-corrected chi connectivity index (χ0v) is 26.1. The molecule has 6 heteroatoms. The Morgan fingerprint density at radius 2 is 1.68 bits per heavy atom. The van der Waals surface area contributed by atoms with Gasteiger partial charge in [0.1, 0.15) is 17.1 Å². The number of carbonyl (C=O) groups excluding carboxylic acids is 3. The molecule has 6 nitrogen and oxygen atoms in total. The third-order valence-corrected chi connectivity index (χ3v) is 11.8. The minimum Gasteiger partial charge on any atom is -0.444 e. The van der Waals surface area contributed by atoms with Crippen molar-refractivity contribution in [3.05, 3.63) is 24.3 Å². The highest BCUT2D eigenvalue weighted by Gasteiger charge is 2.60. The van der Waals surface area contributed by atoms with E-state index in [1.165, 1.54) is 38.5 Å². The molecule has 1 unspecified atom stereocenters. The summed E-state index contributed by atoms with van der Waals surface area (Å²) < 4.78 is 10.9. The summed E-state index contributed by atoms with van der Waals surface area (Å²) in [6.07, 6.45) is 11.2. The Balaban J connectivity index is 1.13. The van der Waals surface area contributed by atoms with Gasteiger partial charge >= 0.3 is 12.1 Å². The van der Waals surface area contributed by atoms with Crippen LogP contribution in [-0.4, -0.2) is 23.4 Å². The van der Waals surface area contributed by atoms with Crippen molar-refractivity contribution < 1.29 is 23.9 Å². The Kier molecular flexibility index (Phi) is 8.35. The number of ketones is 1. The zero-order chi connectivity index (χ0) is 29.6. The first kappa shape index (κ1) is 30.1. The molecule has 0 bridgehead atoms. The lowest BCUT2D eigenvalue weighted by atomic mass is 9.44. The van der Waals surface area contributed by atoms with E-state index in [-0.39, 0.29) is 5.97 Å². The standard InChI is InChI=1S/C35H51NO5/c1-22(7-16-31(38)40-26-11-9-24(10-12-26)36-32(39)41-33(2,3)4)28-14-15-29-27-13-8-23-21-25(37)17-19-34(23,5)30(27)18-20-35(28,29)6/h9-12,22-23,27-30H,7-8,13-21H2,1-6H3,(H,36,39)/t22-,23-,27+,28?,29+,30+,34+,35-/m1/s1. The second kappa shape index (κ2) is 11.4. The molecule has 41 heavy (non-hydrogen) atoms. The second-order valence-corrected chi connectivity index (χ2v) is 15.3. The van der Waals surface area contributed by atoms with E-state index in [1.807, 2.05) is 20.8 Å². The first-order chi connectivity index (χ1) is 19.3. The lowest BCUT2D eigenvalue weighted by Gasteiger charge is -2.60. The van der Waals surface area contributed by atoms with Gasteiger partial charge in [0.05, 0.1) is 0 Å². The number of esters is 1. The van der Waals surface area contributed by atoms with Crippen LogP contribution >= 0.6 is 0 Å². The number of anilines is 1. The number of benzene rings is 1. The summed E-state index contributed by atoms with van der Waals surface area (Å²) in [7, 11) is 0. The topological polar surface area (TPSA) is 81.7 Å². The van der Waals surface area contributed by atoms with Crippen LogP contribution in [0.3, 0.4) is 0 Å². The van der Waals surface area contributed by atoms with E-state index in [0.717, 1.165) is 43.4 Å². The Morgan fingerprint density at radius 3 is 2.39 bits per heavy atom. The average molecular weight is 566 g/mol. The molecule has 4 saturated carbocycles. The Hall–Kier alpha value is -2.37. The molecule has 0 spiro atoms. The van der Waals surface area contributed by atoms with Crippen LogP contribution in [0.25, 0.3) is 0 Å². The maximum atomic E-state index is 12.8. The summed E-state index contributed by atoms with van der Waals surface area (Å²) in [6, 6.07) is 6.83. The normalized spacial score (nSPS) is 35.5. The number of amides is 1. The van der Waals surface area contributed by atoms with Gasteiger partial charge < -0.3 is 9.47 Å². The SMILES string of the molecule is C[C@H](CCC(=O)Oc1ccc(NC(=O)OC(C)(C)C)cc1)C1CC[C@H]2[C@@H]3CC[C@@H]4CC(=O)CC[C@]4(C)[C@H]3CC[C@]12C. The average Bonchev–Trinajstić information content (AvgIpc) is 3.25. The lowest BCUT2D eigenvalue weighted by molar-refractivity contribution is -0.140. The predicted molar refractivity (Wildman–Crippen MR) is 161 cm³/mol. The first-order valence-corrected chi connectivity index (χ1v) is 16.1. The molecule has 0 aromatic heterocycles. The summed E-state index contributed by atoms with van der Waals surface area (Å²) in [5.74, 6) is 4.88. The summed E-state index contributed by atoms with van der Waals surface area (Å²) in [6.45, 7) is 12.9. The van der Waals surface area contributed by atoms with Gasteiger partial charge in [-0.2, -0.15) is 0 Å². The maximum Gasteiger partial charge on any atom is 0.412 e. The van der Waals surface area contributed by atoms with Crippen molar-refractivity contribution in [2.75, 3.05) is 5.32 Å². The van der Waals surface area contributed by atoms with Crippen molar-refractivity contribution in [1.82, 2.24) is 0 Å². The highest BCUT2D eigenvalue weighted by Crippen LogP contribution is 2.68. The highest BCUT2D eigenvalue weighted by atomic mass is 16.6. The second-order valence-electron chi connectivity index (χ2n) is 15.3. The summed E-state index contributed by atoms with van der Waals surface area (Å²) in [4.78, 5) is 37.0. The van der Waals surface area contributed by atoms with Crippen LogP contribution in [0, 0.1) is 46.3 Å².